The lowest BCUT2D eigenvalue weighted by molar-refractivity contribution is -0.145. The molecule has 1 heterocycles. The second-order valence-electron chi connectivity index (χ2n) is 3.62. The first kappa shape index (κ1) is 13.4. The third-order valence-electron chi connectivity index (χ3n) is 2.34. The molecule has 0 saturated heterocycles. The molecule has 0 aliphatic rings. The summed E-state index contributed by atoms with van der Waals surface area (Å²) >= 11 is 5.86. The number of carboxylic acids is 1. The van der Waals surface area contributed by atoms with Crippen molar-refractivity contribution < 1.29 is 23.6 Å². The normalized spacial score (nSPS) is 12.1. The summed E-state index contributed by atoms with van der Waals surface area (Å²) in [4.78, 5) is 10.8. The van der Waals surface area contributed by atoms with Gasteiger partial charge in [-0.1, -0.05) is 16.8 Å². The molecule has 19 heavy (non-hydrogen) atoms. The minimum atomic E-state index is -1.58. The molecule has 1 aromatic carbocycles. The molecule has 1 N–H and O–H groups in total. The van der Waals surface area contributed by atoms with Gasteiger partial charge in [0.25, 0.3) is 0 Å². The molecule has 1 aromatic heterocycles. The molecule has 0 spiro atoms. The maximum atomic E-state index is 12.6. The number of hydrogen-bond donors (Lipinski definition) is 1. The van der Waals surface area contributed by atoms with Crippen LogP contribution in [0.15, 0.2) is 35.1 Å². The molecule has 0 aliphatic heterocycles. The lowest BCUT2D eigenvalue weighted by atomic mass is 10.1. The van der Waals surface area contributed by atoms with Crippen molar-refractivity contribution in [2.24, 2.45) is 0 Å². The van der Waals surface area contributed by atoms with E-state index in [1.54, 1.807) is 6.07 Å². The maximum Gasteiger partial charge on any atom is 0.347 e. The number of rotatable bonds is 5. The van der Waals surface area contributed by atoms with E-state index in [1.165, 1.54) is 24.5 Å². The van der Waals surface area contributed by atoms with Crippen LogP contribution in [-0.4, -0.2) is 29.0 Å². The third-order valence-corrected chi connectivity index (χ3v) is 2.58. The molecule has 0 aliphatic carbocycles. The van der Waals surface area contributed by atoms with E-state index in [2.05, 4.69) is 5.16 Å². The Labute approximate surface area is 112 Å². The van der Waals surface area contributed by atoms with Crippen LogP contribution in [0.2, 0.25) is 5.02 Å². The van der Waals surface area contributed by atoms with E-state index in [9.17, 15) is 9.18 Å². The van der Waals surface area contributed by atoms with E-state index in [0.717, 1.165) is 0 Å². The number of benzene rings is 1. The number of carbonyl (C=O) groups is 1. The Morgan fingerprint density at radius 3 is 2.89 bits per heavy atom. The van der Waals surface area contributed by atoms with Crippen LogP contribution in [0, 0.1) is 0 Å². The second kappa shape index (κ2) is 5.71. The van der Waals surface area contributed by atoms with Gasteiger partial charge < -0.3 is 14.4 Å². The Kier molecular flexibility index (Phi) is 4.01. The van der Waals surface area contributed by atoms with Gasteiger partial charge in [-0.15, -0.1) is 0 Å². The van der Waals surface area contributed by atoms with Gasteiger partial charge in [0.05, 0.1) is 0 Å². The van der Waals surface area contributed by atoms with Crippen molar-refractivity contribution in [1.29, 1.82) is 0 Å². The number of hydrogen-bond acceptors (Lipinski definition) is 4. The molecule has 0 radical (unpaired) electrons. The van der Waals surface area contributed by atoms with Crippen molar-refractivity contribution in [3.8, 4) is 17.0 Å². The first-order valence-electron chi connectivity index (χ1n) is 5.27. The van der Waals surface area contributed by atoms with E-state index in [-0.39, 0.29) is 5.75 Å². The zero-order valence-electron chi connectivity index (χ0n) is 9.55. The number of alkyl halides is 1. The fourth-order valence-corrected chi connectivity index (χ4v) is 1.63. The number of nitrogens with zero attached hydrogens (tertiary/aromatic N) is 1. The van der Waals surface area contributed by atoms with Crippen LogP contribution in [0.25, 0.3) is 11.3 Å². The highest BCUT2D eigenvalue weighted by molar-refractivity contribution is 6.30. The van der Waals surface area contributed by atoms with Gasteiger partial charge in [0.1, 0.15) is 24.4 Å². The molecule has 7 heteroatoms. The van der Waals surface area contributed by atoms with Crippen LogP contribution >= 0.6 is 11.6 Å². The van der Waals surface area contributed by atoms with Crippen LogP contribution in [0.5, 0.6) is 5.75 Å². The maximum absolute atomic E-state index is 12.6. The number of halogens is 2. The molecule has 5 nitrogen and oxygen atoms in total. The lowest BCUT2D eigenvalue weighted by Crippen LogP contribution is -2.29. The van der Waals surface area contributed by atoms with Crippen molar-refractivity contribution in [2.75, 3.05) is 6.67 Å². The summed E-state index contributed by atoms with van der Waals surface area (Å²) in [5, 5.41) is 12.9. The SMILES string of the molecule is O=C(O)C(CF)Oc1ccc(Cl)cc1-c1ccon1. The number of ether oxygens (including phenoxy) is 1. The predicted octanol–water partition coefficient (Wildman–Crippen LogP) is 2.80. The zero-order chi connectivity index (χ0) is 13.8. The molecule has 0 bridgehead atoms. The van der Waals surface area contributed by atoms with E-state index in [1.807, 2.05) is 0 Å². The minimum absolute atomic E-state index is 0.170. The quantitative estimate of drug-likeness (QED) is 0.914. The van der Waals surface area contributed by atoms with Crippen molar-refractivity contribution in [3.05, 3.63) is 35.6 Å². The molecule has 0 fully saturated rings. The van der Waals surface area contributed by atoms with Gasteiger partial charge in [0.2, 0.25) is 6.10 Å². The molecular formula is C12H9ClFNO4. The van der Waals surface area contributed by atoms with Gasteiger partial charge in [-0.25, -0.2) is 9.18 Å². The largest absolute Gasteiger partial charge is 0.478 e. The Morgan fingerprint density at radius 1 is 1.53 bits per heavy atom. The van der Waals surface area contributed by atoms with Crippen molar-refractivity contribution >= 4 is 17.6 Å². The molecule has 100 valence electrons. The van der Waals surface area contributed by atoms with Gasteiger partial charge in [0, 0.05) is 16.7 Å². The number of carboxylic acid groups (broad SMARTS) is 1. The Hall–Kier alpha value is -2.08. The van der Waals surface area contributed by atoms with E-state index < -0.39 is 18.7 Å². The van der Waals surface area contributed by atoms with Crippen LogP contribution in [0.4, 0.5) is 4.39 Å². The smallest absolute Gasteiger partial charge is 0.347 e. The average molecular weight is 286 g/mol. The minimum Gasteiger partial charge on any atom is -0.478 e. The van der Waals surface area contributed by atoms with E-state index >= 15 is 0 Å². The van der Waals surface area contributed by atoms with Gasteiger partial charge in [-0.05, 0) is 18.2 Å². The van der Waals surface area contributed by atoms with Crippen molar-refractivity contribution in [1.82, 2.24) is 5.16 Å². The van der Waals surface area contributed by atoms with Crippen molar-refractivity contribution in [2.45, 2.75) is 6.10 Å². The molecule has 0 amide bonds. The molecule has 2 aromatic rings. The lowest BCUT2D eigenvalue weighted by Gasteiger charge is -2.14. The summed E-state index contributed by atoms with van der Waals surface area (Å²) in [6.07, 6.45) is -0.226. The average Bonchev–Trinajstić information content (AvgIpc) is 2.90. The monoisotopic (exact) mass is 285 g/mol. The topological polar surface area (TPSA) is 72.6 Å². The highest BCUT2D eigenvalue weighted by atomic mass is 35.5. The third kappa shape index (κ3) is 3.03. The van der Waals surface area contributed by atoms with Crippen LogP contribution in [0.1, 0.15) is 0 Å². The summed E-state index contributed by atoms with van der Waals surface area (Å²) in [7, 11) is 0. The fourth-order valence-electron chi connectivity index (χ4n) is 1.46. The Balaban J connectivity index is 2.37. The molecule has 0 saturated carbocycles. The first-order chi connectivity index (χ1) is 9.11. The molecule has 1 atom stereocenters. The zero-order valence-corrected chi connectivity index (χ0v) is 10.3. The van der Waals surface area contributed by atoms with Gasteiger partial charge in [-0.2, -0.15) is 0 Å². The highest BCUT2D eigenvalue weighted by Crippen LogP contribution is 2.32. The van der Waals surface area contributed by atoms with Gasteiger partial charge >= 0.3 is 5.97 Å². The molecular weight excluding hydrogens is 277 g/mol. The Bertz CT molecular complexity index is 573. The summed E-state index contributed by atoms with van der Waals surface area (Å²) in [5.74, 6) is -1.22. The van der Waals surface area contributed by atoms with Gasteiger partial charge in [-0.3, -0.25) is 0 Å². The Morgan fingerprint density at radius 2 is 2.32 bits per heavy atom. The predicted molar refractivity (Wildman–Crippen MR) is 65.0 cm³/mol. The summed E-state index contributed by atoms with van der Waals surface area (Å²) < 4.78 is 22.4. The van der Waals surface area contributed by atoms with Crippen LogP contribution in [-0.2, 0) is 4.79 Å². The van der Waals surface area contributed by atoms with Crippen molar-refractivity contribution in [3.63, 3.8) is 0 Å². The fraction of sp³-hybridized carbons (Fsp3) is 0.167. The summed E-state index contributed by atoms with van der Waals surface area (Å²) in [6.45, 7) is -1.14. The standard InChI is InChI=1S/C12H9ClFNO4/c13-7-1-2-10(19-11(6-14)12(16)17)8(5-7)9-3-4-18-15-9/h1-5,11H,6H2,(H,16,17). The number of aliphatic carboxylic acids is 1. The van der Waals surface area contributed by atoms with E-state index in [4.69, 9.17) is 26.0 Å². The summed E-state index contributed by atoms with van der Waals surface area (Å²) in [5.41, 5.74) is 0.849. The molecule has 2 rings (SSSR count). The van der Waals surface area contributed by atoms with E-state index in [0.29, 0.717) is 16.3 Å². The van der Waals surface area contributed by atoms with Crippen LogP contribution < -0.4 is 4.74 Å². The second-order valence-corrected chi connectivity index (χ2v) is 4.06. The number of aromatic nitrogens is 1. The molecule has 1 unspecified atom stereocenters. The highest BCUT2D eigenvalue weighted by Gasteiger charge is 2.21. The van der Waals surface area contributed by atoms with Gasteiger partial charge in [0.15, 0.2) is 0 Å². The van der Waals surface area contributed by atoms with Crippen LogP contribution in [0.3, 0.4) is 0 Å². The summed E-state index contributed by atoms with van der Waals surface area (Å²) in [6, 6.07) is 6.06. The first-order valence-corrected chi connectivity index (χ1v) is 5.65.